The summed E-state index contributed by atoms with van der Waals surface area (Å²) in [7, 11) is -1.84. The van der Waals surface area contributed by atoms with Crippen molar-refractivity contribution in [3.05, 3.63) is 88.6 Å². The predicted molar refractivity (Wildman–Crippen MR) is 139 cm³/mol. The maximum Gasteiger partial charge on any atom is 0.294 e. The highest BCUT2D eigenvalue weighted by Gasteiger charge is 2.28. The van der Waals surface area contributed by atoms with Crippen LogP contribution in [0.4, 0.5) is 10.3 Å². The number of benzene rings is 2. The number of para-hydroxylation sites is 1. The monoisotopic (exact) mass is 523 g/mol. The third-order valence-electron chi connectivity index (χ3n) is 6.34. The molecule has 1 fully saturated rings. The number of sulfonamides is 1. The van der Waals surface area contributed by atoms with Crippen LogP contribution in [0.2, 0.25) is 0 Å². The molecule has 0 unspecified atom stereocenters. The molecule has 1 aliphatic rings. The van der Waals surface area contributed by atoms with Gasteiger partial charge < -0.3 is 10.1 Å². The van der Waals surface area contributed by atoms with E-state index in [4.69, 9.17) is 4.74 Å². The molecule has 4 aromatic rings. The van der Waals surface area contributed by atoms with Gasteiger partial charge in [0.15, 0.2) is 17.3 Å². The van der Waals surface area contributed by atoms with Crippen molar-refractivity contribution in [1.82, 2.24) is 18.8 Å². The number of rotatable bonds is 7. The summed E-state index contributed by atoms with van der Waals surface area (Å²) in [5.74, 6) is -0.324. The van der Waals surface area contributed by atoms with Crippen molar-refractivity contribution < 1.29 is 17.5 Å². The van der Waals surface area contributed by atoms with Crippen LogP contribution in [0.15, 0.2) is 71.7 Å². The Morgan fingerprint density at radius 3 is 2.49 bits per heavy atom. The molecule has 1 N–H and O–H groups in total. The van der Waals surface area contributed by atoms with Gasteiger partial charge in [-0.2, -0.15) is 4.98 Å². The van der Waals surface area contributed by atoms with Crippen LogP contribution in [0.1, 0.15) is 18.4 Å². The topological polar surface area (TPSA) is 106 Å². The summed E-state index contributed by atoms with van der Waals surface area (Å²) in [6.07, 6.45) is 2.77. The summed E-state index contributed by atoms with van der Waals surface area (Å²) in [6, 6.07) is 16.5. The summed E-state index contributed by atoms with van der Waals surface area (Å²) >= 11 is 0. The minimum absolute atomic E-state index is 0.0127. The number of ether oxygens (including phenoxy) is 1. The van der Waals surface area contributed by atoms with Crippen LogP contribution < -0.4 is 15.6 Å². The second kappa shape index (κ2) is 10.3. The molecule has 1 saturated heterocycles. The second-order valence-corrected chi connectivity index (χ2v) is 10.9. The van der Waals surface area contributed by atoms with E-state index in [0.717, 1.165) is 5.56 Å². The number of fused-ring (bicyclic) bond motifs is 1. The van der Waals surface area contributed by atoms with E-state index in [9.17, 15) is 17.6 Å². The highest BCUT2D eigenvalue weighted by molar-refractivity contribution is 7.88. The van der Waals surface area contributed by atoms with Crippen LogP contribution in [0.3, 0.4) is 0 Å². The molecule has 0 aliphatic carbocycles. The number of nitrogens with zero attached hydrogens (tertiary/aromatic N) is 4. The summed E-state index contributed by atoms with van der Waals surface area (Å²) in [5.41, 5.74) is 0.698. The molecule has 5 rings (SSSR count). The first-order chi connectivity index (χ1) is 17.8. The van der Waals surface area contributed by atoms with Crippen LogP contribution in [0.5, 0.6) is 11.5 Å². The molecule has 0 radical (unpaired) electrons. The van der Waals surface area contributed by atoms with Crippen LogP contribution >= 0.6 is 0 Å². The fraction of sp³-hybridized carbons (Fsp3) is 0.269. The third-order valence-corrected chi connectivity index (χ3v) is 8.19. The van der Waals surface area contributed by atoms with Crippen molar-refractivity contribution in [2.24, 2.45) is 7.05 Å². The highest BCUT2D eigenvalue weighted by atomic mass is 32.2. The van der Waals surface area contributed by atoms with E-state index < -0.39 is 21.4 Å². The molecule has 0 saturated carbocycles. The lowest BCUT2D eigenvalue weighted by molar-refractivity contribution is 0.329. The maximum atomic E-state index is 14.0. The molecular weight excluding hydrogens is 497 g/mol. The largest absolute Gasteiger partial charge is 0.448 e. The average Bonchev–Trinajstić information content (AvgIpc) is 2.89. The van der Waals surface area contributed by atoms with Gasteiger partial charge >= 0.3 is 0 Å². The number of nitrogens with one attached hydrogen (secondary N) is 1. The summed E-state index contributed by atoms with van der Waals surface area (Å²) in [4.78, 5) is 21.7. The van der Waals surface area contributed by atoms with Gasteiger partial charge in [-0.05, 0) is 36.6 Å². The first-order valence-electron chi connectivity index (χ1n) is 11.9. The Bertz CT molecular complexity index is 1590. The van der Waals surface area contributed by atoms with Crippen molar-refractivity contribution in [3.8, 4) is 11.5 Å². The molecule has 0 spiro atoms. The van der Waals surface area contributed by atoms with E-state index in [-0.39, 0.29) is 23.3 Å². The van der Waals surface area contributed by atoms with Crippen LogP contribution in [0, 0.1) is 5.82 Å². The molecule has 0 bridgehead atoms. The Kier molecular flexibility index (Phi) is 6.90. The molecule has 9 nitrogen and oxygen atoms in total. The smallest absolute Gasteiger partial charge is 0.294 e. The predicted octanol–water partition coefficient (Wildman–Crippen LogP) is 3.67. The quantitative estimate of drug-likeness (QED) is 0.394. The van der Waals surface area contributed by atoms with Gasteiger partial charge in [-0.25, -0.2) is 22.1 Å². The number of anilines is 1. The molecule has 0 amide bonds. The number of aryl methyl sites for hydroxylation is 1. The van der Waals surface area contributed by atoms with Crippen molar-refractivity contribution in [2.75, 3.05) is 18.4 Å². The van der Waals surface area contributed by atoms with E-state index in [1.807, 2.05) is 30.3 Å². The van der Waals surface area contributed by atoms with E-state index in [2.05, 4.69) is 15.3 Å². The summed E-state index contributed by atoms with van der Waals surface area (Å²) < 4.78 is 48.0. The first kappa shape index (κ1) is 24.8. The zero-order chi connectivity index (χ0) is 26.0. The molecule has 11 heteroatoms. The standard InChI is InChI=1S/C26H26FN5O4S/c1-31-24-19(15-23(25(31)33)36-22-10-6-5-9-21(22)27)16-28-26(30-24)29-20-11-13-32(14-12-20)37(34,35)17-18-7-3-2-4-8-18/h2-10,15-16,20H,11-14,17H2,1H3,(H,28,29,30). The van der Waals surface area contributed by atoms with E-state index >= 15 is 0 Å². The molecule has 2 aromatic heterocycles. The molecule has 2 aromatic carbocycles. The first-order valence-corrected chi connectivity index (χ1v) is 13.5. The maximum absolute atomic E-state index is 14.0. The Hall–Kier alpha value is -3.83. The zero-order valence-electron chi connectivity index (χ0n) is 20.2. The van der Waals surface area contributed by atoms with Gasteiger partial charge in [0.2, 0.25) is 16.0 Å². The molecule has 192 valence electrons. The van der Waals surface area contributed by atoms with Gasteiger partial charge in [-0.1, -0.05) is 42.5 Å². The Balaban J connectivity index is 1.27. The van der Waals surface area contributed by atoms with Crippen molar-refractivity contribution in [1.29, 1.82) is 0 Å². The zero-order valence-corrected chi connectivity index (χ0v) is 21.0. The molecular formula is C26H26FN5O4S. The molecule has 0 atom stereocenters. The van der Waals surface area contributed by atoms with E-state index in [1.54, 1.807) is 19.3 Å². The molecule has 37 heavy (non-hydrogen) atoms. The molecule has 3 heterocycles. The van der Waals surface area contributed by atoms with Crippen LogP contribution in [0.25, 0.3) is 11.0 Å². The van der Waals surface area contributed by atoms with Gasteiger partial charge in [-0.3, -0.25) is 9.36 Å². The van der Waals surface area contributed by atoms with Crippen molar-refractivity contribution in [2.45, 2.75) is 24.6 Å². The van der Waals surface area contributed by atoms with Gasteiger partial charge in [0.1, 0.15) is 5.65 Å². The number of hydrogen-bond acceptors (Lipinski definition) is 7. The Morgan fingerprint density at radius 2 is 1.76 bits per heavy atom. The molecule has 1 aliphatic heterocycles. The fourth-order valence-electron chi connectivity index (χ4n) is 4.34. The lowest BCUT2D eigenvalue weighted by Crippen LogP contribution is -2.43. The van der Waals surface area contributed by atoms with Crippen LogP contribution in [-0.2, 0) is 22.8 Å². The fourth-order valence-corrected chi connectivity index (χ4v) is 5.91. The van der Waals surface area contributed by atoms with Crippen molar-refractivity contribution >= 4 is 27.0 Å². The minimum Gasteiger partial charge on any atom is -0.448 e. The Morgan fingerprint density at radius 1 is 1.05 bits per heavy atom. The van der Waals surface area contributed by atoms with Crippen LogP contribution in [-0.4, -0.2) is 46.4 Å². The summed E-state index contributed by atoms with van der Waals surface area (Å²) in [6.45, 7) is 0.797. The third kappa shape index (κ3) is 5.47. The van der Waals surface area contributed by atoms with E-state index in [1.165, 1.54) is 33.1 Å². The SMILES string of the molecule is Cn1c(=O)c(Oc2ccccc2F)cc2cnc(NC3CCN(S(=O)(=O)Cc4ccccc4)CC3)nc21. The highest BCUT2D eigenvalue weighted by Crippen LogP contribution is 2.25. The number of pyridine rings is 1. The average molecular weight is 524 g/mol. The summed E-state index contributed by atoms with van der Waals surface area (Å²) in [5, 5.41) is 3.82. The van der Waals surface area contributed by atoms with Gasteiger partial charge in [0.25, 0.3) is 5.56 Å². The number of halogens is 1. The Labute approximate surface area is 213 Å². The minimum atomic E-state index is -3.40. The van der Waals surface area contributed by atoms with E-state index in [0.29, 0.717) is 42.9 Å². The number of hydrogen-bond donors (Lipinski definition) is 1. The normalized spacial score (nSPS) is 15.1. The number of aromatic nitrogens is 3. The van der Waals surface area contributed by atoms with Gasteiger partial charge in [0.05, 0.1) is 5.75 Å². The second-order valence-electron chi connectivity index (χ2n) is 8.94. The van der Waals surface area contributed by atoms with Crippen molar-refractivity contribution in [3.63, 3.8) is 0 Å². The number of piperidine rings is 1. The van der Waals surface area contributed by atoms with Gasteiger partial charge in [0, 0.05) is 37.8 Å². The van der Waals surface area contributed by atoms with Gasteiger partial charge in [-0.15, -0.1) is 0 Å². The lowest BCUT2D eigenvalue weighted by atomic mass is 10.1. The lowest BCUT2D eigenvalue weighted by Gasteiger charge is -2.31.